The Hall–Kier alpha value is -0.330. The molecule has 0 rings (SSSR count). The fourth-order valence-corrected chi connectivity index (χ4v) is 2.42. The third kappa shape index (κ3) is 6.30. The highest BCUT2D eigenvalue weighted by atomic mass is 16.1. The molecule has 0 amide bonds. The monoisotopic (exact) mass is 226 g/mol. The molecule has 0 N–H and O–H groups in total. The summed E-state index contributed by atoms with van der Waals surface area (Å²) in [4.78, 5) is 12.0. The quantitative estimate of drug-likeness (QED) is 0.480. The zero-order chi connectivity index (χ0) is 12.4. The molecule has 0 aliphatic heterocycles. The SMILES string of the molecule is CCCCC[C@H](C)[C@@H](CCC)C(=O)CCC. The van der Waals surface area contributed by atoms with Crippen molar-refractivity contribution < 1.29 is 4.79 Å². The summed E-state index contributed by atoms with van der Waals surface area (Å²) in [6.07, 6.45) is 9.11. The number of rotatable bonds is 10. The number of hydrogen-bond donors (Lipinski definition) is 0. The van der Waals surface area contributed by atoms with Crippen LogP contribution in [0.25, 0.3) is 0 Å². The van der Waals surface area contributed by atoms with Crippen molar-refractivity contribution in [1.29, 1.82) is 0 Å². The Morgan fingerprint density at radius 3 is 2.12 bits per heavy atom. The van der Waals surface area contributed by atoms with Gasteiger partial charge in [0, 0.05) is 12.3 Å². The molecular formula is C15H30O. The predicted octanol–water partition coefficient (Wildman–Crippen LogP) is 4.99. The Balaban J connectivity index is 4.11. The summed E-state index contributed by atoms with van der Waals surface area (Å²) < 4.78 is 0. The molecule has 0 aliphatic rings. The van der Waals surface area contributed by atoms with E-state index in [0.717, 1.165) is 25.7 Å². The van der Waals surface area contributed by atoms with Crippen molar-refractivity contribution in [2.24, 2.45) is 11.8 Å². The van der Waals surface area contributed by atoms with Gasteiger partial charge in [-0.1, -0.05) is 59.8 Å². The van der Waals surface area contributed by atoms with Crippen LogP contribution in [0.15, 0.2) is 0 Å². The summed E-state index contributed by atoms with van der Waals surface area (Å²) in [7, 11) is 0. The number of ketones is 1. The molecule has 0 aromatic carbocycles. The van der Waals surface area contributed by atoms with E-state index in [4.69, 9.17) is 0 Å². The van der Waals surface area contributed by atoms with E-state index in [2.05, 4.69) is 27.7 Å². The molecule has 0 fully saturated rings. The van der Waals surface area contributed by atoms with Gasteiger partial charge in [-0.3, -0.25) is 4.79 Å². The van der Waals surface area contributed by atoms with Crippen molar-refractivity contribution in [3.63, 3.8) is 0 Å². The van der Waals surface area contributed by atoms with Crippen molar-refractivity contribution >= 4 is 5.78 Å². The van der Waals surface area contributed by atoms with Crippen molar-refractivity contribution in [3.8, 4) is 0 Å². The minimum absolute atomic E-state index is 0.335. The zero-order valence-corrected chi connectivity index (χ0v) is 11.7. The maximum Gasteiger partial charge on any atom is 0.136 e. The summed E-state index contributed by atoms with van der Waals surface area (Å²) in [6, 6.07) is 0. The summed E-state index contributed by atoms with van der Waals surface area (Å²) in [5.41, 5.74) is 0. The molecule has 0 radical (unpaired) electrons. The molecule has 0 spiro atoms. The van der Waals surface area contributed by atoms with Crippen LogP contribution >= 0.6 is 0 Å². The van der Waals surface area contributed by atoms with Gasteiger partial charge in [0.25, 0.3) is 0 Å². The number of carbonyl (C=O) groups is 1. The molecule has 2 atom stereocenters. The molecular weight excluding hydrogens is 196 g/mol. The average Bonchev–Trinajstić information content (AvgIpc) is 2.26. The maximum absolute atomic E-state index is 12.0. The van der Waals surface area contributed by atoms with Crippen LogP contribution in [0.5, 0.6) is 0 Å². The second kappa shape index (κ2) is 9.86. The van der Waals surface area contributed by atoms with Crippen LogP contribution in [0.3, 0.4) is 0 Å². The minimum atomic E-state index is 0.335. The van der Waals surface area contributed by atoms with Crippen LogP contribution in [0.4, 0.5) is 0 Å². The van der Waals surface area contributed by atoms with Gasteiger partial charge in [-0.15, -0.1) is 0 Å². The fourth-order valence-electron chi connectivity index (χ4n) is 2.42. The number of carbonyl (C=O) groups excluding carboxylic acids is 1. The summed E-state index contributed by atoms with van der Waals surface area (Å²) >= 11 is 0. The highest BCUT2D eigenvalue weighted by Crippen LogP contribution is 2.25. The van der Waals surface area contributed by atoms with Gasteiger partial charge in [0.1, 0.15) is 5.78 Å². The zero-order valence-electron chi connectivity index (χ0n) is 11.7. The molecule has 0 saturated heterocycles. The van der Waals surface area contributed by atoms with Gasteiger partial charge in [-0.25, -0.2) is 0 Å². The van der Waals surface area contributed by atoms with Crippen LogP contribution in [0.2, 0.25) is 0 Å². The van der Waals surface area contributed by atoms with E-state index in [0.29, 0.717) is 17.6 Å². The average molecular weight is 226 g/mol. The van der Waals surface area contributed by atoms with E-state index >= 15 is 0 Å². The van der Waals surface area contributed by atoms with E-state index in [-0.39, 0.29) is 0 Å². The van der Waals surface area contributed by atoms with E-state index in [1.54, 1.807) is 0 Å². The minimum Gasteiger partial charge on any atom is -0.299 e. The summed E-state index contributed by atoms with van der Waals surface area (Å²) in [5, 5.41) is 0. The van der Waals surface area contributed by atoms with Gasteiger partial charge in [-0.05, 0) is 18.8 Å². The highest BCUT2D eigenvalue weighted by molar-refractivity contribution is 5.81. The Labute approximate surface area is 102 Å². The first kappa shape index (κ1) is 15.7. The molecule has 1 heteroatoms. The van der Waals surface area contributed by atoms with E-state index < -0.39 is 0 Å². The first-order chi connectivity index (χ1) is 7.67. The number of hydrogen-bond acceptors (Lipinski definition) is 1. The molecule has 0 aromatic rings. The second-order valence-electron chi connectivity index (χ2n) is 5.08. The molecule has 0 saturated carbocycles. The molecule has 16 heavy (non-hydrogen) atoms. The molecule has 0 aliphatic carbocycles. The van der Waals surface area contributed by atoms with Crippen molar-refractivity contribution in [1.82, 2.24) is 0 Å². The number of unbranched alkanes of at least 4 members (excludes halogenated alkanes) is 2. The first-order valence-corrected chi connectivity index (χ1v) is 7.19. The van der Waals surface area contributed by atoms with Crippen molar-refractivity contribution in [2.75, 3.05) is 0 Å². The third-order valence-corrected chi connectivity index (χ3v) is 3.46. The lowest BCUT2D eigenvalue weighted by atomic mass is 9.82. The fraction of sp³-hybridized carbons (Fsp3) is 0.933. The van der Waals surface area contributed by atoms with E-state index in [1.165, 1.54) is 25.7 Å². The first-order valence-electron chi connectivity index (χ1n) is 7.19. The lowest BCUT2D eigenvalue weighted by Crippen LogP contribution is -2.21. The van der Waals surface area contributed by atoms with Crippen LogP contribution < -0.4 is 0 Å². The van der Waals surface area contributed by atoms with E-state index in [9.17, 15) is 4.79 Å². The summed E-state index contributed by atoms with van der Waals surface area (Å²) in [6.45, 7) is 8.79. The topological polar surface area (TPSA) is 17.1 Å². The largest absolute Gasteiger partial charge is 0.299 e. The Morgan fingerprint density at radius 1 is 0.938 bits per heavy atom. The van der Waals surface area contributed by atoms with Crippen LogP contribution in [0.1, 0.15) is 79.1 Å². The molecule has 0 bridgehead atoms. The summed E-state index contributed by atoms with van der Waals surface area (Å²) in [5.74, 6) is 1.43. The second-order valence-corrected chi connectivity index (χ2v) is 5.08. The van der Waals surface area contributed by atoms with Gasteiger partial charge < -0.3 is 0 Å². The molecule has 0 aromatic heterocycles. The smallest absolute Gasteiger partial charge is 0.136 e. The van der Waals surface area contributed by atoms with Crippen molar-refractivity contribution in [2.45, 2.75) is 79.1 Å². The maximum atomic E-state index is 12.0. The molecule has 0 unspecified atom stereocenters. The van der Waals surface area contributed by atoms with Crippen molar-refractivity contribution in [3.05, 3.63) is 0 Å². The number of Topliss-reactive ketones (excluding diaryl/α,β-unsaturated/α-hetero) is 1. The molecule has 1 nitrogen and oxygen atoms in total. The van der Waals surface area contributed by atoms with Gasteiger partial charge in [0.15, 0.2) is 0 Å². The van der Waals surface area contributed by atoms with Crippen LogP contribution in [0, 0.1) is 11.8 Å². The lowest BCUT2D eigenvalue weighted by Gasteiger charge is -2.22. The lowest BCUT2D eigenvalue weighted by molar-refractivity contribution is -0.124. The predicted molar refractivity (Wildman–Crippen MR) is 71.6 cm³/mol. The standard InChI is InChI=1S/C15H30O/c1-5-8-9-12-13(4)14(10-6-2)15(16)11-7-3/h13-14H,5-12H2,1-4H3/t13-,14+/m0/s1. The van der Waals surface area contributed by atoms with Gasteiger partial charge in [-0.2, -0.15) is 0 Å². The Kier molecular flexibility index (Phi) is 9.66. The highest BCUT2D eigenvalue weighted by Gasteiger charge is 2.22. The van der Waals surface area contributed by atoms with Gasteiger partial charge >= 0.3 is 0 Å². The van der Waals surface area contributed by atoms with Crippen LogP contribution in [-0.4, -0.2) is 5.78 Å². The van der Waals surface area contributed by atoms with E-state index in [1.807, 2.05) is 0 Å². The normalized spacial score (nSPS) is 14.8. The third-order valence-electron chi connectivity index (χ3n) is 3.46. The van der Waals surface area contributed by atoms with Gasteiger partial charge in [0.05, 0.1) is 0 Å². The Bertz CT molecular complexity index is 174. The van der Waals surface area contributed by atoms with Gasteiger partial charge in [0.2, 0.25) is 0 Å². The Morgan fingerprint density at radius 2 is 1.62 bits per heavy atom. The molecule has 96 valence electrons. The van der Waals surface area contributed by atoms with Crippen LogP contribution in [-0.2, 0) is 4.79 Å². The molecule has 0 heterocycles.